The normalized spacial score (nSPS) is 15.4. The predicted molar refractivity (Wildman–Crippen MR) is 88.9 cm³/mol. The van der Waals surface area contributed by atoms with Gasteiger partial charge in [-0.05, 0) is 49.8 Å². The van der Waals surface area contributed by atoms with Gasteiger partial charge in [0.1, 0.15) is 5.00 Å². The van der Waals surface area contributed by atoms with E-state index in [4.69, 9.17) is 0 Å². The van der Waals surface area contributed by atoms with Crippen molar-refractivity contribution in [3.8, 4) is 5.00 Å². The summed E-state index contributed by atoms with van der Waals surface area (Å²) in [5.74, 6) is -0.0519. The highest BCUT2D eigenvalue weighted by molar-refractivity contribution is 7.15. The lowest BCUT2D eigenvalue weighted by molar-refractivity contribution is 0.0914. The van der Waals surface area contributed by atoms with Crippen molar-refractivity contribution in [1.29, 1.82) is 0 Å². The molecule has 1 amide bonds. The van der Waals surface area contributed by atoms with Crippen molar-refractivity contribution >= 4 is 17.2 Å². The van der Waals surface area contributed by atoms with Crippen LogP contribution in [0.25, 0.3) is 5.00 Å². The zero-order valence-electron chi connectivity index (χ0n) is 12.8. The molecule has 2 heterocycles. The number of aromatic nitrogens is 1. The van der Waals surface area contributed by atoms with Crippen molar-refractivity contribution in [2.75, 3.05) is 6.61 Å². The molecule has 1 aliphatic carbocycles. The molecule has 0 aromatic carbocycles. The fraction of sp³-hybridized carbons (Fsp3) is 0.471. The maximum Gasteiger partial charge on any atom is 0.254 e. The highest BCUT2D eigenvalue weighted by atomic mass is 32.1. The molecular weight excluding hydrogens is 296 g/mol. The summed E-state index contributed by atoms with van der Waals surface area (Å²) in [6, 6.07) is 3.77. The van der Waals surface area contributed by atoms with Gasteiger partial charge in [0.15, 0.2) is 0 Å². The monoisotopic (exact) mass is 318 g/mol. The van der Waals surface area contributed by atoms with Gasteiger partial charge in [-0.3, -0.25) is 4.79 Å². The van der Waals surface area contributed by atoms with Crippen LogP contribution in [0.5, 0.6) is 0 Å². The summed E-state index contributed by atoms with van der Waals surface area (Å²) in [5, 5.41) is 13.3. The molecule has 3 rings (SSSR count). The van der Waals surface area contributed by atoms with Gasteiger partial charge in [-0.25, -0.2) is 0 Å². The zero-order chi connectivity index (χ0) is 15.5. The summed E-state index contributed by atoms with van der Waals surface area (Å²) >= 11 is 1.73. The van der Waals surface area contributed by atoms with Crippen molar-refractivity contribution in [1.82, 2.24) is 9.88 Å². The average molecular weight is 318 g/mol. The van der Waals surface area contributed by atoms with Crippen molar-refractivity contribution in [2.45, 2.75) is 45.1 Å². The van der Waals surface area contributed by atoms with Crippen LogP contribution in [0.3, 0.4) is 0 Å². The summed E-state index contributed by atoms with van der Waals surface area (Å²) in [5.41, 5.74) is 2.02. The number of rotatable bonds is 5. The van der Waals surface area contributed by atoms with E-state index >= 15 is 0 Å². The Morgan fingerprint density at radius 1 is 1.36 bits per heavy atom. The second-order valence-electron chi connectivity index (χ2n) is 5.74. The Bertz CT molecular complexity index is 642. The number of hydrogen-bond donors (Lipinski definition) is 2. The lowest BCUT2D eigenvalue weighted by Gasteiger charge is -2.17. The molecule has 0 saturated heterocycles. The Morgan fingerprint density at radius 2 is 2.09 bits per heavy atom. The number of fused-ring (bicyclic) bond motifs is 1. The first-order valence-corrected chi connectivity index (χ1v) is 8.75. The molecule has 2 aromatic heterocycles. The van der Waals surface area contributed by atoms with E-state index < -0.39 is 0 Å². The quantitative estimate of drug-likeness (QED) is 0.890. The van der Waals surface area contributed by atoms with E-state index in [1.807, 2.05) is 36.0 Å². The van der Waals surface area contributed by atoms with Crippen LogP contribution in [0, 0.1) is 0 Å². The zero-order valence-corrected chi connectivity index (χ0v) is 13.7. The van der Waals surface area contributed by atoms with Gasteiger partial charge in [0, 0.05) is 17.3 Å². The van der Waals surface area contributed by atoms with Crippen molar-refractivity contribution < 1.29 is 9.90 Å². The number of nitrogens with zero attached hydrogens (tertiary/aromatic N) is 1. The number of thiophene rings is 1. The first-order chi connectivity index (χ1) is 10.7. The fourth-order valence-electron chi connectivity index (χ4n) is 2.97. The van der Waals surface area contributed by atoms with E-state index in [0.29, 0.717) is 0 Å². The number of aryl methyl sites for hydroxylation is 1. The second kappa shape index (κ2) is 6.67. The van der Waals surface area contributed by atoms with Crippen molar-refractivity contribution in [3.05, 3.63) is 40.5 Å². The third-order valence-corrected chi connectivity index (χ3v) is 5.57. The minimum atomic E-state index is -0.177. The molecule has 4 nitrogen and oxygen atoms in total. The summed E-state index contributed by atoms with van der Waals surface area (Å²) in [6.07, 6.45) is 9.09. The van der Waals surface area contributed by atoms with E-state index in [2.05, 4.69) is 5.32 Å². The van der Waals surface area contributed by atoms with Gasteiger partial charge >= 0.3 is 0 Å². The summed E-state index contributed by atoms with van der Waals surface area (Å²) < 4.78 is 2.03. The number of carbonyl (C=O) groups is 1. The molecule has 5 heteroatoms. The largest absolute Gasteiger partial charge is 0.394 e. The smallest absolute Gasteiger partial charge is 0.254 e. The Labute approximate surface area is 134 Å². The molecule has 0 radical (unpaired) electrons. The predicted octanol–water partition coefficient (Wildman–Crippen LogP) is 2.92. The van der Waals surface area contributed by atoms with Crippen LogP contribution in [0.2, 0.25) is 0 Å². The van der Waals surface area contributed by atoms with Crippen LogP contribution in [0.4, 0.5) is 0 Å². The van der Waals surface area contributed by atoms with E-state index in [1.54, 1.807) is 11.3 Å². The number of amides is 1. The summed E-state index contributed by atoms with van der Waals surface area (Å²) in [4.78, 5) is 14.1. The Balaban J connectivity index is 2.01. The lowest BCUT2D eigenvalue weighted by atomic mass is 9.95. The van der Waals surface area contributed by atoms with Crippen LogP contribution in [0.1, 0.15) is 47.0 Å². The van der Waals surface area contributed by atoms with Crippen LogP contribution in [0.15, 0.2) is 24.5 Å². The van der Waals surface area contributed by atoms with Gasteiger partial charge in [-0.1, -0.05) is 6.92 Å². The molecule has 0 spiro atoms. The van der Waals surface area contributed by atoms with E-state index in [1.165, 1.54) is 16.9 Å². The summed E-state index contributed by atoms with van der Waals surface area (Å²) in [6.45, 7) is 1.95. The minimum Gasteiger partial charge on any atom is -0.394 e. The molecule has 0 saturated carbocycles. The molecule has 0 bridgehead atoms. The third kappa shape index (κ3) is 2.83. The Kier molecular flexibility index (Phi) is 4.64. The molecule has 1 atom stereocenters. The fourth-order valence-corrected chi connectivity index (χ4v) is 4.32. The first-order valence-electron chi connectivity index (χ1n) is 7.94. The maximum absolute atomic E-state index is 12.8. The van der Waals surface area contributed by atoms with Crippen molar-refractivity contribution in [2.24, 2.45) is 0 Å². The number of hydrogen-bond acceptors (Lipinski definition) is 3. The molecule has 1 unspecified atom stereocenters. The number of nitrogens with one attached hydrogen (secondary N) is 1. The van der Waals surface area contributed by atoms with Gasteiger partial charge in [0.2, 0.25) is 0 Å². The SMILES string of the molecule is CCC(CO)NC(=O)c1c(-n2cccc2)sc2c1CCCC2. The second-order valence-corrected chi connectivity index (χ2v) is 6.83. The van der Waals surface area contributed by atoms with Gasteiger partial charge < -0.3 is 15.0 Å². The lowest BCUT2D eigenvalue weighted by Crippen LogP contribution is -2.37. The third-order valence-electron chi connectivity index (χ3n) is 4.27. The standard InChI is InChI=1S/C17H22N2O2S/c1-2-12(11-20)18-16(21)15-13-7-3-4-8-14(13)22-17(15)19-9-5-6-10-19/h5-6,9-10,12,20H,2-4,7-8,11H2,1H3,(H,18,21). The minimum absolute atomic E-state index is 0.0204. The molecule has 22 heavy (non-hydrogen) atoms. The number of aliphatic hydroxyl groups is 1. The molecule has 2 aromatic rings. The van der Waals surface area contributed by atoms with Crippen LogP contribution in [-0.4, -0.2) is 28.2 Å². The first kappa shape index (κ1) is 15.3. The molecule has 0 aliphatic heterocycles. The molecule has 0 fully saturated rings. The topological polar surface area (TPSA) is 54.3 Å². The molecule has 1 aliphatic rings. The average Bonchev–Trinajstić information content (AvgIpc) is 3.18. The molecule has 118 valence electrons. The summed E-state index contributed by atoms with van der Waals surface area (Å²) in [7, 11) is 0. The van der Waals surface area contributed by atoms with Gasteiger partial charge in [-0.15, -0.1) is 11.3 Å². The van der Waals surface area contributed by atoms with Gasteiger partial charge in [0.25, 0.3) is 5.91 Å². The van der Waals surface area contributed by atoms with E-state index in [-0.39, 0.29) is 18.6 Å². The Morgan fingerprint density at radius 3 is 2.77 bits per heavy atom. The molecule has 2 N–H and O–H groups in total. The van der Waals surface area contributed by atoms with Gasteiger partial charge in [-0.2, -0.15) is 0 Å². The van der Waals surface area contributed by atoms with E-state index in [0.717, 1.165) is 36.2 Å². The van der Waals surface area contributed by atoms with Gasteiger partial charge in [0.05, 0.1) is 18.2 Å². The van der Waals surface area contributed by atoms with E-state index in [9.17, 15) is 9.90 Å². The number of aliphatic hydroxyl groups excluding tert-OH is 1. The van der Waals surface area contributed by atoms with Crippen LogP contribution < -0.4 is 5.32 Å². The van der Waals surface area contributed by atoms with Crippen molar-refractivity contribution in [3.63, 3.8) is 0 Å². The highest BCUT2D eigenvalue weighted by Crippen LogP contribution is 2.36. The molecular formula is C17H22N2O2S. The Hall–Kier alpha value is -1.59. The van der Waals surface area contributed by atoms with Crippen LogP contribution >= 0.6 is 11.3 Å². The maximum atomic E-state index is 12.8. The highest BCUT2D eigenvalue weighted by Gasteiger charge is 2.26. The number of carbonyl (C=O) groups excluding carboxylic acids is 1. The van der Waals surface area contributed by atoms with Crippen LogP contribution in [-0.2, 0) is 12.8 Å².